The average molecular weight is 540 g/mol. The number of carboxylic acids is 1. The van der Waals surface area contributed by atoms with Gasteiger partial charge in [0.25, 0.3) is 0 Å². The maximum Gasteiger partial charge on any atom is 0.102 e. The highest BCUT2D eigenvalue weighted by Crippen LogP contribution is 2.12. The van der Waals surface area contributed by atoms with Crippen LogP contribution in [0.1, 0.15) is 168 Å². The van der Waals surface area contributed by atoms with Gasteiger partial charge in [-0.1, -0.05) is 129 Å². The van der Waals surface area contributed by atoms with E-state index in [2.05, 4.69) is 40.1 Å². The van der Waals surface area contributed by atoms with Crippen LogP contribution in [0.25, 0.3) is 0 Å². The van der Waals surface area contributed by atoms with E-state index >= 15 is 0 Å². The van der Waals surface area contributed by atoms with Crippen molar-refractivity contribution in [2.24, 2.45) is 0 Å². The highest BCUT2D eigenvalue weighted by molar-refractivity contribution is 5.64. The molecule has 228 valence electrons. The number of nitrogens with zero attached hydrogens (tertiary/aromatic N) is 1. The van der Waals surface area contributed by atoms with E-state index in [-0.39, 0.29) is 6.42 Å². The monoisotopic (exact) mass is 540 g/mol. The van der Waals surface area contributed by atoms with Gasteiger partial charge in [-0.25, -0.2) is 0 Å². The number of aliphatic hydroxyl groups is 1. The molecule has 0 aliphatic rings. The van der Waals surface area contributed by atoms with Crippen molar-refractivity contribution >= 4 is 5.97 Å². The molecule has 0 amide bonds. The lowest BCUT2D eigenvalue weighted by Crippen LogP contribution is -2.42. The van der Waals surface area contributed by atoms with E-state index in [1.54, 1.807) is 0 Å². The summed E-state index contributed by atoms with van der Waals surface area (Å²) >= 11 is 0. The Morgan fingerprint density at radius 1 is 0.579 bits per heavy atom. The second kappa shape index (κ2) is 32.3. The zero-order chi connectivity index (χ0) is 28.6. The van der Waals surface area contributed by atoms with Crippen LogP contribution >= 0.6 is 0 Å². The molecule has 0 atom stereocenters. The third-order valence-electron chi connectivity index (χ3n) is 7.47. The topological polar surface area (TPSA) is 60.4 Å². The molecule has 38 heavy (non-hydrogen) atoms. The van der Waals surface area contributed by atoms with Gasteiger partial charge in [0.2, 0.25) is 0 Å². The standard InChI is InChI=1S/C18H34O2.C16H36NO/c1-2-3-4-5-6-7-8-9-10-11-12-13-14-15-16-17-18(19)20;1-4-5-6-7-8-9-10-11-12-13-14-17(2,3)15-16-18/h9-10H,2-8,11-17H2,1H3,(H,19,20);18H,4-16H2,1-3H3/q;+1/p-1/b10-9-;. The van der Waals surface area contributed by atoms with Crippen molar-refractivity contribution in [3.8, 4) is 0 Å². The van der Waals surface area contributed by atoms with Crippen LogP contribution < -0.4 is 5.11 Å². The second-order valence-electron chi connectivity index (χ2n) is 12.0. The molecule has 0 aromatic rings. The summed E-state index contributed by atoms with van der Waals surface area (Å²) in [4.78, 5) is 10.2. The maximum absolute atomic E-state index is 10.2. The Balaban J connectivity index is 0. The molecule has 0 spiro atoms. The molecule has 0 rings (SSSR count). The molecular formula is C34H69NO3. The predicted octanol–water partition coefficient (Wildman–Crippen LogP) is 8.75. The number of unbranched alkanes of at least 4 members (excludes halogenated alkanes) is 20. The van der Waals surface area contributed by atoms with Crippen molar-refractivity contribution in [2.45, 2.75) is 168 Å². The molecule has 0 saturated heterocycles. The Kier molecular flexibility index (Phi) is 33.4. The molecule has 0 heterocycles. The molecule has 0 aliphatic heterocycles. The lowest BCUT2D eigenvalue weighted by atomic mass is 10.1. The van der Waals surface area contributed by atoms with Crippen LogP contribution in [0.3, 0.4) is 0 Å². The number of allylic oxidation sites excluding steroid dienone is 2. The minimum absolute atomic E-state index is 0.220. The van der Waals surface area contributed by atoms with Gasteiger partial charge in [0.05, 0.1) is 27.2 Å². The number of carboxylic acid groups (broad SMARTS) is 1. The zero-order valence-corrected chi connectivity index (χ0v) is 26.5. The van der Waals surface area contributed by atoms with Gasteiger partial charge in [-0.3, -0.25) is 0 Å². The fourth-order valence-electron chi connectivity index (χ4n) is 4.75. The number of hydrogen-bond donors (Lipinski definition) is 1. The van der Waals surface area contributed by atoms with Crippen molar-refractivity contribution in [3.05, 3.63) is 12.2 Å². The summed E-state index contributed by atoms with van der Waals surface area (Å²) in [6, 6.07) is 0. The molecule has 0 aliphatic carbocycles. The average Bonchev–Trinajstić information content (AvgIpc) is 2.87. The zero-order valence-electron chi connectivity index (χ0n) is 26.5. The molecule has 0 saturated carbocycles. The highest BCUT2D eigenvalue weighted by atomic mass is 16.4. The molecule has 0 fully saturated rings. The smallest absolute Gasteiger partial charge is 0.102 e. The van der Waals surface area contributed by atoms with Crippen LogP contribution in [0.2, 0.25) is 0 Å². The highest BCUT2D eigenvalue weighted by Gasteiger charge is 2.12. The van der Waals surface area contributed by atoms with Gasteiger partial charge in [0.1, 0.15) is 6.54 Å². The maximum atomic E-state index is 10.2. The Bertz CT molecular complexity index is 490. The van der Waals surface area contributed by atoms with Crippen molar-refractivity contribution in [3.63, 3.8) is 0 Å². The molecule has 0 radical (unpaired) electrons. The first kappa shape index (κ1) is 39.3. The molecular weight excluding hydrogens is 470 g/mol. The van der Waals surface area contributed by atoms with Gasteiger partial charge in [-0.2, -0.15) is 0 Å². The third kappa shape index (κ3) is 37.3. The molecule has 0 aromatic heterocycles. The normalized spacial score (nSPS) is 11.6. The number of carbonyl (C=O) groups excluding carboxylic acids is 1. The van der Waals surface area contributed by atoms with Crippen molar-refractivity contribution in [2.75, 3.05) is 33.8 Å². The lowest BCUT2D eigenvalue weighted by molar-refractivity contribution is -0.890. The summed E-state index contributed by atoms with van der Waals surface area (Å²) in [6.45, 7) is 6.93. The SMILES string of the molecule is CCCCCCCC/C=C\CCCCCCCC(=O)[O-].CCCCCCCCCCCC[N+](C)(C)CCO. The summed E-state index contributed by atoms with van der Waals surface area (Å²) in [6.07, 6.45) is 34.9. The molecule has 4 nitrogen and oxygen atoms in total. The fraction of sp³-hybridized carbons (Fsp3) is 0.912. The molecule has 0 unspecified atom stereocenters. The fourth-order valence-corrected chi connectivity index (χ4v) is 4.75. The van der Waals surface area contributed by atoms with Gasteiger partial charge in [-0.05, 0) is 51.4 Å². The minimum atomic E-state index is -0.914. The predicted molar refractivity (Wildman–Crippen MR) is 165 cm³/mol. The van der Waals surface area contributed by atoms with Crippen molar-refractivity contribution < 1.29 is 19.5 Å². The third-order valence-corrected chi connectivity index (χ3v) is 7.47. The van der Waals surface area contributed by atoms with Gasteiger partial charge >= 0.3 is 0 Å². The van der Waals surface area contributed by atoms with Gasteiger partial charge in [0.15, 0.2) is 0 Å². The number of aliphatic hydroxyl groups excluding tert-OH is 1. The Morgan fingerprint density at radius 3 is 1.34 bits per heavy atom. The van der Waals surface area contributed by atoms with E-state index in [0.717, 1.165) is 30.3 Å². The van der Waals surface area contributed by atoms with Gasteiger partial charge in [-0.15, -0.1) is 0 Å². The molecule has 0 aromatic carbocycles. The first-order chi connectivity index (χ1) is 18.4. The Morgan fingerprint density at radius 2 is 0.947 bits per heavy atom. The van der Waals surface area contributed by atoms with Crippen molar-refractivity contribution in [1.82, 2.24) is 0 Å². The number of likely N-dealkylation sites (N-methyl/N-ethyl adjacent to an activating group) is 1. The second-order valence-corrected chi connectivity index (χ2v) is 12.0. The number of rotatable bonds is 28. The van der Waals surface area contributed by atoms with Crippen LogP contribution in [0, 0.1) is 0 Å². The minimum Gasteiger partial charge on any atom is -0.550 e. The summed E-state index contributed by atoms with van der Waals surface area (Å²) in [5, 5.41) is 19.2. The van der Waals surface area contributed by atoms with E-state index in [1.165, 1.54) is 135 Å². The number of aliphatic carboxylic acids is 1. The summed E-state index contributed by atoms with van der Waals surface area (Å²) in [5.74, 6) is -0.914. The van der Waals surface area contributed by atoms with E-state index in [9.17, 15) is 9.90 Å². The first-order valence-corrected chi connectivity index (χ1v) is 16.7. The Labute approximate surface area is 239 Å². The van der Waals surface area contributed by atoms with E-state index in [1.807, 2.05) is 0 Å². The van der Waals surface area contributed by atoms with E-state index in [0.29, 0.717) is 6.61 Å². The van der Waals surface area contributed by atoms with Crippen LogP contribution in [-0.4, -0.2) is 49.4 Å². The molecule has 1 N–H and O–H groups in total. The summed E-state index contributed by atoms with van der Waals surface area (Å²) in [5.41, 5.74) is 0. The lowest BCUT2D eigenvalue weighted by Gasteiger charge is -2.28. The van der Waals surface area contributed by atoms with Crippen LogP contribution in [0.15, 0.2) is 12.2 Å². The summed E-state index contributed by atoms with van der Waals surface area (Å²) in [7, 11) is 4.42. The van der Waals surface area contributed by atoms with E-state index < -0.39 is 5.97 Å². The van der Waals surface area contributed by atoms with Crippen LogP contribution in [-0.2, 0) is 4.79 Å². The van der Waals surface area contributed by atoms with Crippen molar-refractivity contribution in [1.29, 1.82) is 0 Å². The van der Waals surface area contributed by atoms with Gasteiger partial charge in [0, 0.05) is 5.97 Å². The molecule has 4 heteroatoms. The van der Waals surface area contributed by atoms with Crippen LogP contribution in [0.4, 0.5) is 0 Å². The number of hydrogen-bond acceptors (Lipinski definition) is 3. The quantitative estimate of drug-likeness (QED) is 0.0614. The summed E-state index contributed by atoms with van der Waals surface area (Å²) < 4.78 is 0.966. The first-order valence-electron chi connectivity index (χ1n) is 16.7. The molecule has 0 bridgehead atoms. The van der Waals surface area contributed by atoms with Gasteiger partial charge < -0.3 is 19.5 Å². The van der Waals surface area contributed by atoms with E-state index in [4.69, 9.17) is 5.11 Å². The Hall–Kier alpha value is -0.870. The number of carbonyl (C=O) groups is 1. The van der Waals surface area contributed by atoms with Crippen LogP contribution in [0.5, 0.6) is 0 Å². The number of quaternary nitrogens is 1. The largest absolute Gasteiger partial charge is 0.550 e.